The highest BCUT2D eigenvalue weighted by Crippen LogP contribution is 2.30. The highest BCUT2D eigenvalue weighted by Gasteiger charge is 2.19. The Bertz CT molecular complexity index is 486. The van der Waals surface area contributed by atoms with E-state index in [2.05, 4.69) is 11.4 Å². The molecular weight excluding hydrogens is 244 g/mol. The van der Waals surface area contributed by atoms with E-state index in [1.165, 1.54) is 0 Å². The molecule has 19 heavy (non-hydrogen) atoms. The quantitative estimate of drug-likeness (QED) is 0.503. The van der Waals surface area contributed by atoms with Crippen LogP contribution >= 0.6 is 0 Å². The second kappa shape index (κ2) is 6.33. The largest absolute Gasteiger partial charge is 0.479 e. The van der Waals surface area contributed by atoms with Gasteiger partial charge in [-0.25, -0.2) is 0 Å². The third kappa shape index (κ3) is 3.54. The Morgan fingerprint density at radius 1 is 1.53 bits per heavy atom. The van der Waals surface area contributed by atoms with Crippen LogP contribution in [0.15, 0.2) is 30.4 Å². The van der Waals surface area contributed by atoms with Gasteiger partial charge in [0.05, 0.1) is 4.92 Å². The van der Waals surface area contributed by atoms with Crippen molar-refractivity contribution in [2.75, 3.05) is 7.05 Å². The van der Waals surface area contributed by atoms with Crippen LogP contribution in [-0.2, 0) is 6.54 Å². The summed E-state index contributed by atoms with van der Waals surface area (Å²) in [5.41, 5.74) is 0.910. The maximum atomic E-state index is 11.1. The summed E-state index contributed by atoms with van der Waals surface area (Å²) in [5.74, 6) is 0.349. The molecule has 1 aromatic carbocycles. The molecule has 5 nitrogen and oxygen atoms in total. The third-order valence-electron chi connectivity index (χ3n) is 3.09. The van der Waals surface area contributed by atoms with Crippen molar-refractivity contribution in [1.82, 2.24) is 5.32 Å². The monoisotopic (exact) mass is 262 g/mol. The number of hydrogen-bond acceptors (Lipinski definition) is 4. The number of benzene rings is 1. The van der Waals surface area contributed by atoms with Crippen molar-refractivity contribution in [2.45, 2.75) is 31.9 Å². The smallest absolute Gasteiger partial charge is 0.311 e. The minimum absolute atomic E-state index is 0.0340. The molecule has 1 aromatic rings. The lowest BCUT2D eigenvalue weighted by molar-refractivity contribution is -0.386. The van der Waals surface area contributed by atoms with Crippen molar-refractivity contribution in [3.05, 3.63) is 46.0 Å². The highest BCUT2D eigenvalue weighted by atomic mass is 16.6. The van der Waals surface area contributed by atoms with Gasteiger partial charge in [0.2, 0.25) is 0 Å². The Labute approximate surface area is 112 Å². The number of allylic oxidation sites excluding steroid dienone is 1. The highest BCUT2D eigenvalue weighted by molar-refractivity contribution is 5.49. The first-order chi connectivity index (χ1) is 9.20. The predicted molar refractivity (Wildman–Crippen MR) is 73.3 cm³/mol. The molecule has 0 bridgehead atoms. The average Bonchev–Trinajstić information content (AvgIpc) is 2.42. The lowest BCUT2D eigenvalue weighted by Gasteiger charge is -2.18. The second-order valence-electron chi connectivity index (χ2n) is 4.60. The fourth-order valence-electron chi connectivity index (χ4n) is 2.16. The Morgan fingerprint density at radius 2 is 2.37 bits per heavy atom. The standard InChI is InChI=1S/C14H18N2O3/c1-15-10-11-7-8-14(13(9-11)16(17)18)19-12-5-3-2-4-6-12/h3,5,7-9,12,15H,2,4,6,10H2,1H3. The Morgan fingerprint density at radius 3 is 3.00 bits per heavy atom. The Hall–Kier alpha value is -1.88. The lowest BCUT2D eigenvalue weighted by atomic mass is 10.1. The molecule has 2 rings (SSSR count). The van der Waals surface area contributed by atoms with Crippen LogP contribution in [0.1, 0.15) is 24.8 Å². The molecule has 102 valence electrons. The van der Waals surface area contributed by atoms with Gasteiger partial charge in [0.15, 0.2) is 5.75 Å². The molecule has 0 fully saturated rings. The summed E-state index contributed by atoms with van der Waals surface area (Å²) in [6, 6.07) is 5.11. The molecule has 1 N–H and O–H groups in total. The van der Waals surface area contributed by atoms with Crippen molar-refractivity contribution in [1.29, 1.82) is 0 Å². The van der Waals surface area contributed by atoms with Gasteiger partial charge in [-0.2, -0.15) is 0 Å². The van der Waals surface area contributed by atoms with E-state index in [-0.39, 0.29) is 16.7 Å². The lowest BCUT2D eigenvalue weighted by Crippen LogP contribution is -2.16. The molecule has 0 spiro atoms. The molecule has 0 heterocycles. The summed E-state index contributed by atoms with van der Waals surface area (Å²) in [4.78, 5) is 10.7. The van der Waals surface area contributed by atoms with E-state index in [9.17, 15) is 10.1 Å². The molecule has 0 radical (unpaired) electrons. The molecule has 1 atom stereocenters. The van der Waals surface area contributed by atoms with Gasteiger partial charge in [-0.3, -0.25) is 10.1 Å². The van der Waals surface area contributed by atoms with Crippen molar-refractivity contribution in [3.8, 4) is 5.75 Å². The van der Waals surface area contributed by atoms with Crippen LogP contribution in [0.2, 0.25) is 0 Å². The van der Waals surface area contributed by atoms with Crippen molar-refractivity contribution in [2.24, 2.45) is 0 Å². The zero-order valence-electron chi connectivity index (χ0n) is 11.0. The van der Waals surface area contributed by atoms with Crippen LogP contribution in [0, 0.1) is 10.1 Å². The summed E-state index contributed by atoms with van der Waals surface area (Å²) in [7, 11) is 1.81. The molecule has 0 saturated carbocycles. The fraction of sp³-hybridized carbons (Fsp3) is 0.429. The zero-order chi connectivity index (χ0) is 13.7. The zero-order valence-corrected chi connectivity index (χ0v) is 11.0. The first-order valence-electron chi connectivity index (χ1n) is 6.46. The number of hydrogen-bond donors (Lipinski definition) is 1. The number of ether oxygens (including phenoxy) is 1. The number of nitro groups is 1. The van der Waals surface area contributed by atoms with E-state index in [1.807, 2.05) is 19.2 Å². The van der Waals surface area contributed by atoms with Gasteiger partial charge in [-0.05, 0) is 44.0 Å². The van der Waals surface area contributed by atoms with Crippen LogP contribution in [-0.4, -0.2) is 18.1 Å². The molecule has 1 aliphatic rings. The van der Waals surface area contributed by atoms with E-state index in [4.69, 9.17) is 4.74 Å². The second-order valence-corrected chi connectivity index (χ2v) is 4.60. The first-order valence-corrected chi connectivity index (χ1v) is 6.46. The average molecular weight is 262 g/mol. The van der Waals surface area contributed by atoms with Crippen LogP contribution in [0.3, 0.4) is 0 Å². The SMILES string of the molecule is CNCc1ccc(OC2C=CCCC2)c([N+](=O)[O-])c1. The maximum absolute atomic E-state index is 11.1. The van der Waals surface area contributed by atoms with Gasteiger partial charge in [-0.1, -0.05) is 12.1 Å². The van der Waals surface area contributed by atoms with Crippen LogP contribution in [0.4, 0.5) is 5.69 Å². The normalized spacial score (nSPS) is 18.3. The topological polar surface area (TPSA) is 64.4 Å². The molecule has 5 heteroatoms. The van der Waals surface area contributed by atoms with Crippen LogP contribution < -0.4 is 10.1 Å². The van der Waals surface area contributed by atoms with Gasteiger partial charge < -0.3 is 10.1 Å². The third-order valence-corrected chi connectivity index (χ3v) is 3.09. The molecule has 0 saturated heterocycles. The Kier molecular flexibility index (Phi) is 4.52. The summed E-state index contributed by atoms with van der Waals surface area (Å²) in [5, 5.41) is 14.1. The minimum atomic E-state index is -0.388. The van der Waals surface area contributed by atoms with Gasteiger partial charge >= 0.3 is 5.69 Å². The fourth-order valence-corrected chi connectivity index (χ4v) is 2.16. The van der Waals surface area contributed by atoms with E-state index in [1.54, 1.807) is 12.1 Å². The Balaban J connectivity index is 2.20. The summed E-state index contributed by atoms with van der Waals surface area (Å²) < 4.78 is 5.73. The van der Waals surface area contributed by atoms with Crippen molar-refractivity contribution < 1.29 is 9.66 Å². The van der Waals surface area contributed by atoms with E-state index >= 15 is 0 Å². The molecule has 1 unspecified atom stereocenters. The number of nitro benzene ring substituents is 1. The van der Waals surface area contributed by atoms with Crippen LogP contribution in [0.5, 0.6) is 5.75 Å². The minimum Gasteiger partial charge on any atom is -0.479 e. The van der Waals surface area contributed by atoms with Gasteiger partial charge in [-0.15, -0.1) is 0 Å². The van der Waals surface area contributed by atoms with Crippen molar-refractivity contribution >= 4 is 5.69 Å². The number of nitrogens with zero attached hydrogens (tertiary/aromatic N) is 1. The molecule has 1 aliphatic carbocycles. The van der Waals surface area contributed by atoms with E-state index in [0.717, 1.165) is 24.8 Å². The van der Waals surface area contributed by atoms with Gasteiger partial charge in [0.1, 0.15) is 6.10 Å². The summed E-state index contributed by atoms with van der Waals surface area (Å²) in [6.07, 6.45) is 7.02. The summed E-state index contributed by atoms with van der Waals surface area (Å²) in [6.45, 7) is 0.602. The number of rotatable bonds is 5. The molecule has 0 amide bonds. The van der Waals surface area contributed by atoms with Gasteiger partial charge in [0, 0.05) is 12.6 Å². The molecule has 0 aromatic heterocycles. The van der Waals surface area contributed by atoms with Crippen LogP contribution in [0.25, 0.3) is 0 Å². The maximum Gasteiger partial charge on any atom is 0.311 e. The van der Waals surface area contributed by atoms with Crippen molar-refractivity contribution in [3.63, 3.8) is 0 Å². The van der Waals surface area contributed by atoms with Gasteiger partial charge in [0.25, 0.3) is 0 Å². The van der Waals surface area contributed by atoms with E-state index < -0.39 is 0 Å². The summed E-state index contributed by atoms with van der Waals surface area (Å²) >= 11 is 0. The predicted octanol–water partition coefficient (Wildman–Crippen LogP) is 2.80. The molecular formula is C14H18N2O3. The van der Waals surface area contributed by atoms with E-state index in [0.29, 0.717) is 12.3 Å². The number of nitrogens with one attached hydrogen (secondary N) is 1. The first kappa shape index (κ1) is 13.5. The molecule has 0 aliphatic heterocycles.